The third-order valence-corrected chi connectivity index (χ3v) is 0. The van der Waals surface area contributed by atoms with Gasteiger partial charge in [-0.3, -0.25) is 0 Å². The molecule has 0 aliphatic rings. The van der Waals surface area contributed by atoms with E-state index in [-0.39, 0.29) is 17.1 Å². The van der Waals surface area contributed by atoms with Gasteiger partial charge >= 0.3 is 0 Å². The molecule has 0 aliphatic heterocycles. The quantitative estimate of drug-likeness (QED) is 0.473. The van der Waals surface area contributed by atoms with Crippen LogP contribution in [-0.4, -0.2) is 0 Å². The normalized spacial score (nSPS) is 3.25. The van der Waals surface area contributed by atoms with Crippen molar-refractivity contribution in [2.45, 2.75) is 0 Å². The van der Waals surface area contributed by atoms with Crippen LogP contribution in [0.3, 0.4) is 0 Å². The molecule has 0 unspecified atom stereocenters. The summed E-state index contributed by atoms with van der Waals surface area (Å²) in [5, 5.41) is 0. The third kappa shape index (κ3) is 15.2. The molecular formula is C2H3BrMn. The van der Waals surface area contributed by atoms with Crippen molar-refractivity contribution in [3.05, 3.63) is 11.6 Å². The van der Waals surface area contributed by atoms with Crippen LogP contribution in [0.2, 0.25) is 0 Å². The Labute approximate surface area is 44.9 Å². The minimum Gasteiger partial charge on any atom is -0.0921 e. The Morgan fingerprint density at radius 2 is 1.75 bits per heavy atom. The average Bonchev–Trinajstić information content (AvgIpc) is 0.918. The first kappa shape index (κ1) is 8.83. The van der Waals surface area contributed by atoms with Gasteiger partial charge in [0.2, 0.25) is 0 Å². The van der Waals surface area contributed by atoms with Gasteiger partial charge in [0.25, 0.3) is 0 Å². The van der Waals surface area contributed by atoms with E-state index in [4.69, 9.17) is 0 Å². The zero-order chi connectivity index (χ0) is 2.71. The van der Waals surface area contributed by atoms with Crippen molar-refractivity contribution in [1.29, 1.82) is 0 Å². The van der Waals surface area contributed by atoms with Crippen LogP contribution in [0.5, 0.6) is 0 Å². The minimum absolute atomic E-state index is 0. The Morgan fingerprint density at radius 1 is 1.75 bits per heavy atom. The van der Waals surface area contributed by atoms with Gasteiger partial charge in [-0.1, -0.05) is 22.5 Å². The van der Waals surface area contributed by atoms with E-state index in [9.17, 15) is 0 Å². The van der Waals surface area contributed by atoms with E-state index in [2.05, 4.69) is 22.5 Å². The monoisotopic (exact) mass is 161 g/mol. The zero-order valence-electron chi connectivity index (χ0n) is 2.04. The summed E-state index contributed by atoms with van der Waals surface area (Å²) in [6.07, 6.45) is 0. The molecule has 0 aliphatic carbocycles. The molecule has 0 saturated heterocycles. The Balaban J connectivity index is 0. The summed E-state index contributed by atoms with van der Waals surface area (Å²) in [4.78, 5) is 1.56. The van der Waals surface area contributed by atoms with Crippen LogP contribution in [0.1, 0.15) is 0 Å². The second kappa shape index (κ2) is 9.27. The molecule has 0 fully saturated rings. The van der Waals surface area contributed by atoms with Crippen LogP contribution in [0.25, 0.3) is 0 Å². The molecule has 0 atom stereocenters. The molecule has 0 rings (SSSR count). The molecule has 0 heterocycles. The first-order valence-corrected chi connectivity index (χ1v) is 1.54. The molecule has 0 aromatic rings. The van der Waals surface area contributed by atoms with Crippen LogP contribution >= 0.6 is 15.9 Å². The van der Waals surface area contributed by atoms with Crippen molar-refractivity contribution in [2.75, 3.05) is 0 Å². The van der Waals surface area contributed by atoms with Gasteiger partial charge in [-0.2, -0.15) is 0 Å². The van der Waals surface area contributed by atoms with Gasteiger partial charge in [0.15, 0.2) is 0 Å². The van der Waals surface area contributed by atoms with Crippen molar-refractivity contribution in [1.82, 2.24) is 0 Å². The van der Waals surface area contributed by atoms with Gasteiger partial charge in [0.05, 0.1) is 0 Å². The molecule has 2 heteroatoms. The molecular weight excluding hydrogens is 159 g/mol. The molecule has 0 aromatic heterocycles. The summed E-state index contributed by atoms with van der Waals surface area (Å²) in [6.45, 7) is 3.28. The van der Waals surface area contributed by atoms with Gasteiger partial charge in [0, 0.05) is 17.1 Å². The van der Waals surface area contributed by atoms with Crippen LogP contribution in [0.15, 0.2) is 11.6 Å². The SMILES string of the molecule is C=CBr.[Mn]. The fourth-order valence-corrected chi connectivity index (χ4v) is 0. The molecule has 0 aromatic carbocycles. The molecule has 0 N–H and O–H groups in total. The van der Waals surface area contributed by atoms with Crippen molar-refractivity contribution < 1.29 is 17.1 Å². The van der Waals surface area contributed by atoms with Crippen molar-refractivity contribution in [3.63, 3.8) is 0 Å². The van der Waals surface area contributed by atoms with E-state index in [0.717, 1.165) is 0 Å². The maximum atomic E-state index is 3.28. The first-order valence-electron chi connectivity index (χ1n) is 0.626. The summed E-state index contributed by atoms with van der Waals surface area (Å²) in [5.41, 5.74) is 0. The molecule has 1 radical (unpaired) electrons. The molecule has 0 bridgehead atoms. The van der Waals surface area contributed by atoms with Gasteiger partial charge in [-0.25, -0.2) is 0 Å². The zero-order valence-corrected chi connectivity index (χ0v) is 4.81. The van der Waals surface area contributed by atoms with Gasteiger partial charge in [0.1, 0.15) is 0 Å². The fourth-order valence-electron chi connectivity index (χ4n) is 0. The van der Waals surface area contributed by atoms with Crippen LogP contribution < -0.4 is 0 Å². The van der Waals surface area contributed by atoms with Gasteiger partial charge in [-0.05, 0) is 4.99 Å². The molecule has 0 spiro atoms. The largest absolute Gasteiger partial charge is 0.0921 e. The van der Waals surface area contributed by atoms with Crippen LogP contribution in [0, 0.1) is 0 Å². The predicted molar refractivity (Wildman–Crippen MR) is 19.1 cm³/mol. The maximum absolute atomic E-state index is 3.28. The van der Waals surface area contributed by atoms with Crippen LogP contribution in [0.4, 0.5) is 0 Å². The number of hydrogen-bond acceptors (Lipinski definition) is 0. The van der Waals surface area contributed by atoms with E-state index in [1.165, 1.54) is 0 Å². The Kier molecular flexibility index (Phi) is 20.5. The van der Waals surface area contributed by atoms with E-state index in [1.807, 2.05) is 0 Å². The van der Waals surface area contributed by atoms with Crippen molar-refractivity contribution in [3.8, 4) is 0 Å². The second-order valence-electron chi connectivity index (χ2n) is 0.154. The van der Waals surface area contributed by atoms with E-state index in [0.29, 0.717) is 0 Å². The minimum atomic E-state index is 0. The maximum Gasteiger partial charge on any atom is 0 e. The molecule has 4 heavy (non-hydrogen) atoms. The standard InChI is InChI=1S/C2H3Br.Mn/c1-2-3;/h2H,1H2;. The summed E-state index contributed by atoms with van der Waals surface area (Å²) in [6, 6.07) is 0. The smallest absolute Gasteiger partial charge is 0 e. The predicted octanol–water partition coefficient (Wildman–Crippen LogP) is 1.52. The van der Waals surface area contributed by atoms with Gasteiger partial charge < -0.3 is 0 Å². The Bertz CT molecular complexity index is 13.5. The van der Waals surface area contributed by atoms with E-state index < -0.39 is 0 Å². The fraction of sp³-hybridized carbons (Fsp3) is 0. The van der Waals surface area contributed by atoms with Crippen molar-refractivity contribution in [2.24, 2.45) is 0 Å². The first-order chi connectivity index (χ1) is 1.41. The number of hydrogen-bond donors (Lipinski definition) is 0. The Hall–Kier alpha value is 0.739. The molecule has 0 nitrogen and oxygen atoms in total. The molecule has 0 amide bonds. The van der Waals surface area contributed by atoms with Crippen LogP contribution in [-0.2, 0) is 17.1 Å². The number of halogens is 1. The summed E-state index contributed by atoms with van der Waals surface area (Å²) in [7, 11) is 0. The summed E-state index contributed by atoms with van der Waals surface area (Å²) >= 11 is 2.91. The van der Waals surface area contributed by atoms with E-state index >= 15 is 0 Å². The van der Waals surface area contributed by atoms with E-state index in [1.54, 1.807) is 4.99 Å². The number of rotatable bonds is 0. The average molecular weight is 162 g/mol. The van der Waals surface area contributed by atoms with Gasteiger partial charge in [-0.15, -0.1) is 0 Å². The van der Waals surface area contributed by atoms with Crippen molar-refractivity contribution >= 4 is 15.9 Å². The second-order valence-corrected chi connectivity index (χ2v) is 0.802. The third-order valence-electron chi connectivity index (χ3n) is 0. The summed E-state index contributed by atoms with van der Waals surface area (Å²) < 4.78 is 0. The molecule has 25 valence electrons. The molecule has 0 saturated carbocycles. The topological polar surface area (TPSA) is 0 Å². The Morgan fingerprint density at radius 3 is 1.75 bits per heavy atom. The summed E-state index contributed by atoms with van der Waals surface area (Å²) in [5.74, 6) is 0.